The van der Waals surface area contributed by atoms with Gasteiger partial charge < -0.3 is 9.64 Å². The van der Waals surface area contributed by atoms with E-state index in [1.54, 1.807) is 6.20 Å². The van der Waals surface area contributed by atoms with Gasteiger partial charge in [-0.1, -0.05) is 11.6 Å². The summed E-state index contributed by atoms with van der Waals surface area (Å²) in [4.78, 5) is 6.97. The summed E-state index contributed by atoms with van der Waals surface area (Å²) < 4.78 is 7.35. The Morgan fingerprint density at radius 2 is 2.30 bits per heavy atom. The fourth-order valence-corrected chi connectivity index (χ4v) is 3.19. The van der Waals surface area contributed by atoms with Gasteiger partial charge in [0.2, 0.25) is 0 Å². The van der Waals surface area contributed by atoms with Crippen LogP contribution in [0.15, 0.2) is 18.3 Å². The lowest BCUT2D eigenvalue weighted by atomic mass is 10.1. The first-order chi connectivity index (χ1) is 11.1. The Balaban J connectivity index is 1.93. The SMILES string of the molecule is C[C@@H]1COCCN1c1cc(-c2ccnn2C)c2[nH]nc(Cl)c2n1. The van der Waals surface area contributed by atoms with E-state index < -0.39 is 0 Å². The van der Waals surface area contributed by atoms with Gasteiger partial charge in [0.05, 0.1) is 30.5 Å². The van der Waals surface area contributed by atoms with E-state index in [1.807, 2.05) is 17.8 Å². The van der Waals surface area contributed by atoms with Crippen molar-refractivity contribution in [2.24, 2.45) is 7.05 Å². The van der Waals surface area contributed by atoms with Crippen molar-refractivity contribution in [2.75, 3.05) is 24.7 Å². The quantitative estimate of drug-likeness (QED) is 0.779. The predicted octanol–water partition coefficient (Wildman–Crippen LogP) is 2.24. The number of anilines is 1. The molecule has 0 radical (unpaired) electrons. The highest BCUT2D eigenvalue weighted by Gasteiger charge is 2.23. The molecule has 4 rings (SSSR count). The van der Waals surface area contributed by atoms with Gasteiger partial charge in [0.25, 0.3) is 0 Å². The minimum Gasteiger partial charge on any atom is -0.377 e. The average molecular weight is 333 g/mol. The van der Waals surface area contributed by atoms with Gasteiger partial charge in [0.15, 0.2) is 5.15 Å². The molecule has 0 amide bonds. The standard InChI is InChI=1S/C15H17ClN6O/c1-9-8-23-6-5-22(9)12-7-10(11-3-4-17-21(11)2)13-14(18-12)15(16)20-19-13/h3-4,7,9H,5-6,8H2,1-2H3,(H,19,20)/t9-/m1/s1. The maximum absolute atomic E-state index is 6.22. The number of aryl methyl sites for hydroxylation is 1. The van der Waals surface area contributed by atoms with Crippen molar-refractivity contribution in [2.45, 2.75) is 13.0 Å². The van der Waals surface area contributed by atoms with Crippen molar-refractivity contribution in [3.63, 3.8) is 0 Å². The molecule has 0 saturated carbocycles. The van der Waals surface area contributed by atoms with Crippen LogP contribution in [0.1, 0.15) is 6.92 Å². The number of hydrogen-bond acceptors (Lipinski definition) is 5. The molecule has 120 valence electrons. The predicted molar refractivity (Wildman–Crippen MR) is 88.7 cm³/mol. The summed E-state index contributed by atoms with van der Waals surface area (Å²) in [5.41, 5.74) is 3.48. The van der Waals surface area contributed by atoms with Crippen LogP contribution < -0.4 is 4.90 Å². The summed E-state index contributed by atoms with van der Waals surface area (Å²) in [5, 5.41) is 11.7. The van der Waals surface area contributed by atoms with Crippen molar-refractivity contribution in [1.29, 1.82) is 0 Å². The lowest BCUT2D eigenvalue weighted by molar-refractivity contribution is 0.0986. The highest BCUT2D eigenvalue weighted by molar-refractivity contribution is 6.34. The van der Waals surface area contributed by atoms with Gasteiger partial charge >= 0.3 is 0 Å². The van der Waals surface area contributed by atoms with Crippen LogP contribution in [0, 0.1) is 0 Å². The molecule has 3 aromatic rings. The van der Waals surface area contributed by atoms with Crippen LogP contribution in [0.4, 0.5) is 5.82 Å². The molecule has 0 unspecified atom stereocenters. The number of halogens is 1. The molecule has 0 bridgehead atoms. The molecule has 8 heteroatoms. The number of nitrogens with one attached hydrogen (secondary N) is 1. The third kappa shape index (κ3) is 2.36. The first kappa shape index (κ1) is 14.5. The van der Waals surface area contributed by atoms with Crippen molar-refractivity contribution < 1.29 is 4.74 Å². The lowest BCUT2D eigenvalue weighted by Gasteiger charge is -2.34. The third-order valence-electron chi connectivity index (χ3n) is 4.23. The lowest BCUT2D eigenvalue weighted by Crippen LogP contribution is -2.44. The number of aromatic nitrogens is 5. The average Bonchev–Trinajstić information content (AvgIpc) is 3.14. The molecule has 0 spiro atoms. The normalized spacial score (nSPS) is 18.7. The fraction of sp³-hybridized carbons (Fsp3) is 0.400. The van der Waals surface area contributed by atoms with Crippen molar-refractivity contribution in [1.82, 2.24) is 25.0 Å². The Hall–Kier alpha value is -2.12. The molecule has 1 fully saturated rings. The zero-order valence-electron chi connectivity index (χ0n) is 13.0. The van der Waals surface area contributed by atoms with Crippen LogP contribution in [0.2, 0.25) is 5.15 Å². The highest BCUT2D eigenvalue weighted by Crippen LogP contribution is 2.33. The second-order valence-corrected chi connectivity index (χ2v) is 6.08. The number of fused-ring (bicyclic) bond motifs is 1. The number of nitrogens with zero attached hydrogens (tertiary/aromatic N) is 5. The summed E-state index contributed by atoms with van der Waals surface area (Å²) in [6.45, 7) is 4.33. The monoisotopic (exact) mass is 332 g/mol. The van der Waals surface area contributed by atoms with E-state index in [9.17, 15) is 0 Å². The second-order valence-electron chi connectivity index (χ2n) is 5.72. The molecule has 7 nitrogen and oxygen atoms in total. The highest BCUT2D eigenvalue weighted by atomic mass is 35.5. The first-order valence-corrected chi connectivity index (χ1v) is 7.90. The topological polar surface area (TPSA) is 71.9 Å². The van der Waals surface area contributed by atoms with Crippen LogP contribution in [0.25, 0.3) is 22.3 Å². The molecule has 0 aromatic carbocycles. The van der Waals surface area contributed by atoms with Crippen LogP contribution in [-0.4, -0.2) is 50.8 Å². The molecule has 3 aromatic heterocycles. The maximum Gasteiger partial charge on any atom is 0.177 e. The van der Waals surface area contributed by atoms with Crippen LogP contribution in [0.3, 0.4) is 0 Å². The van der Waals surface area contributed by atoms with Crippen molar-refractivity contribution in [3.8, 4) is 11.3 Å². The Bertz CT molecular complexity index is 857. The molecule has 23 heavy (non-hydrogen) atoms. The summed E-state index contributed by atoms with van der Waals surface area (Å²) >= 11 is 6.22. The van der Waals surface area contributed by atoms with E-state index in [-0.39, 0.29) is 6.04 Å². The number of hydrogen-bond donors (Lipinski definition) is 1. The van der Waals surface area contributed by atoms with Crippen LogP contribution in [-0.2, 0) is 11.8 Å². The molecule has 0 aliphatic carbocycles. The molecule has 1 aliphatic rings. The van der Waals surface area contributed by atoms with E-state index in [2.05, 4.69) is 33.2 Å². The molecular weight excluding hydrogens is 316 g/mol. The third-order valence-corrected chi connectivity index (χ3v) is 4.49. The fourth-order valence-electron chi connectivity index (χ4n) is 3.01. The van der Waals surface area contributed by atoms with Crippen molar-refractivity contribution >= 4 is 28.5 Å². The summed E-state index contributed by atoms with van der Waals surface area (Å²) in [5.74, 6) is 0.882. The van der Waals surface area contributed by atoms with Gasteiger partial charge in [-0.15, -0.1) is 0 Å². The van der Waals surface area contributed by atoms with Gasteiger partial charge in [-0.3, -0.25) is 9.78 Å². The van der Waals surface area contributed by atoms with Gasteiger partial charge in [-0.2, -0.15) is 10.2 Å². The summed E-state index contributed by atoms with van der Waals surface area (Å²) in [7, 11) is 1.91. The first-order valence-electron chi connectivity index (χ1n) is 7.52. The molecule has 1 aliphatic heterocycles. The van der Waals surface area contributed by atoms with Gasteiger partial charge in [0.1, 0.15) is 11.3 Å². The Labute approximate surface area is 138 Å². The van der Waals surface area contributed by atoms with Crippen molar-refractivity contribution in [3.05, 3.63) is 23.5 Å². The number of morpholine rings is 1. The van der Waals surface area contributed by atoms with E-state index >= 15 is 0 Å². The number of pyridine rings is 1. The van der Waals surface area contributed by atoms with Crippen LogP contribution in [0.5, 0.6) is 0 Å². The van der Waals surface area contributed by atoms with E-state index in [4.69, 9.17) is 21.3 Å². The number of H-pyrrole nitrogens is 1. The zero-order chi connectivity index (χ0) is 16.0. The molecular formula is C15H17ClN6O. The van der Waals surface area contributed by atoms with E-state index in [0.29, 0.717) is 23.9 Å². The molecule has 1 atom stereocenters. The summed E-state index contributed by atoms with van der Waals surface area (Å²) in [6.07, 6.45) is 1.77. The molecule has 4 heterocycles. The largest absolute Gasteiger partial charge is 0.377 e. The van der Waals surface area contributed by atoms with E-state index in [0.717, 1.165) is 29.1 Å². The maximum atomic E-state index is 6.22. The Kier molecular flexibility index (Phi) is 3.46. The van der Waals surface area contributed by atoms with Gasteiger partial charge in [-0.05, 0) is 19.1 Å². The molecule has 1 N–H and O–H groups in total. The molecule has 1 saturated heterocycles. The number of aromatic amines is 1. The summed E-state index contributed by atoms with van der Waals surface area (Å²) in [6, 6.07) is 4.30. The number of ether oxygens (including phenoxy) is 1. The minimum atomic E-state index is 0.263. The van der Waals surface area contributed by atoms with Gasteiger partial charge in [0, 0.05) is 25.4 Å². The Morgan fingerprint density at radius 3 is 3.04 bits per heavy atom. The zero-order valence-corrected chi connectivity index (χ0v) is 13.7. The van der Waals surface area contributed by atoms with Crippen LogP contribution >= 0.6 is 11.6 Å². The van der Waals surface area contributed by atoms with Gasteiger partial charge in [-0.25, -0.2) is 4.98 Å². The Morgan fingerprint density at radius 1 is 1.43 bits per heavy atom. The smallest absolute Gasteiger partial charge is 0.177 e. The second kappa shape index (κ2) is 5.50. The van der Waals surface area contributed by atoms with E-state index in [1.165, 1.54) is 0 Å². The minimum absolute atomic E-state index is 0.263. The number of rotatable bonds is 2.